The molecule has 0 bridgehead atoms. The Bertz CT molecular complexity index is 1310. The Hall–Kier alpha value is -3.24. The maximum Gasteiger partial charge on any atom is 0.326 e. The summed E-state index contributed by atoms with van der Waals surface area (Å²) >= 11 is 12.4. The third-order valence-corrected chi connectivity index (χ3v) is 5.93. The van der Waals surface area contributed by atoms with E-state index in [1.165, 1.54) is 23.4 Å². The van der Waals surface area contributed by atoms with Crippen molar-refractivity contribution < 1.29 is 4.79 Å². The zero-order valence-electron chi connectivity index (χ0n) is 15.3. The van der Waals surface area contributed by atoms with E-state index in [1.807, 2.05) is 0 Å². The highest BCUT2D eigenvalue weighted by molar-refractivity contribution is 6.32. The quantitative estimate of drug-likeness (QED) is 0.512. The molecule has 0 unspecified atom stereocenters. The maximum absolute atomic E-state index is 13.1. The van der Waals surface area contributed by atoms with Gasteiger partial charge in [0.25, 0.3) is 0 Å². The lowest BCUT2D eigenvalue weighted by Crippen LogP contribution is -2.35. The van der Waals surface area contributed by atoms with Crippen molar-refractivity contribution in [2.24, 2.45) is 0 Å². The first-order valence-electron chi connectivity index (χ1n) is 9.20. The van der Waals surface area contributed by atoms with Gasteiger partial charge in [0.15, 0.2) is 16.6 Å². The van der Waals surface area contributed by atoms with Crippen molar-refractivity contribution in [1.29, 1.82) is 0 Å². The van der Waals surface area contributed by atoms with Gasteiger partial charge in [-0.3, -0.25) is 4.90 Å². The van der Waals surface area contributed by atoms with Gasteiger partial charge in [0.1, 0.15) is 0 Å². The predicted octanol–water partition coefficient (Wildman–Crippen LogP) is 3.10. The number of halogens is 2. The highest BCUT2D eigenvalue weighted by atomic mass is 35.5. The molecule has 12 heteroatoms. The number of amides is 2. The summed E-state index contributed by atoms with van der Waals surface area (Å²) < 4.78 is 1.75. The molecule has 0 radical (unpaired) electrons. The van der Waals surface area contributed by atoms with E-state index >= 15 is 0 Å². The fourth-order valence-electron chi connectivity index (χ4n) is 3.94. The van der Waals surface area contributed by atoms with E-state index in [0.29, 0.717) is 33.9 Å². The van der Waals surface area contributed by atoms with Gasteiger partial charge in [-0.05, 0) is 18.9 Å². The molecule has 1 N–H and O–H groups in total. The van der Waals surface area contributed by atoms with Gasteiger partial charge in [0.05, 0.1) is 46.9 Å². The molecule has 1 fully saturated rings. The number of nitrogens with zero attached hydrogens (tertiary/aromatic N) is 8. The van der Waals surface area contributed by atoms with Crippen LogP contribution in [0.15, 0.2) is 36.9 Å². The number of hydrogen-bond donors (Lipinski definition) is 1. The monoisotopic (exact) mass is 441 g/mol. The van der Waals surface area contributed by atoms with Crippen LogP contribution in [0.2, 0.25) is 10.2 Å². The largest absolute Gasteiger partial charge is 0.326 e. The SMILES string of the molecule is O=C(Nc1cnc(-n2nccn2)c(Cl)c1)N1CC2(CC2)c2c1cnc1cc(Cl)nn21. The molecule has 2 amide bonds. The lowest BCUT2D eigenvalue weighted by molar-refractivity contribution is 0.257. The van der Waals surface area contributed by atoms with E-state index in [9.17, 15) is 4.79 Å². The lowest BCUT2D eigenvalue weighted by atomic mass is 10.1. The summed E-state index contributed by atoms with van der Waals surface area (Å²) in [7, 11) is 0. The van der Waals surface area contributed by atoms with Gasteiger partial charge >= 0.3 is 6.03 Å². The Labute approximate surface area is 179 Å². The van der Waals surface area contributed by atoms with E-state index in [2.05, 4.69) is 30.6 Å². The Kier molecular flexibility index (Phi) is 3.60. The number of aromatic nitrogens is 7. The number of rotatable bonds is 2. The molecule has 0 atom stereocenters. The van der Waals surface area contributed by atoms with Gasteiger partial charge in [0, 0.05) is 18.0 Å². The molecule has 4 aromatic rings. The summed E-state index contributed by atoms with van der Waals surface area (Å²) in [5.41, 5.74) is 2.75. The van der Waals surface area contributed by atoms with Crippen molar-refractivity contribution in [3.05, 3.63) is 52.8 Å². The highest BCUT2D eigenvalue weighted by Crippen LogP contribution is 2.56. The molecule has 1 saturated carbocycles. The molecule has 10 nitrogen and oxygen atoms in total. The fraction of sp³-hybridized carbons (Fsp3) is 0.222. The van der Waals surface area contributed by atoms with Crippen molar-refractivity contribution in [1.82, 2.24) is 34.6 Å². The minimum atomic E-state index is -0.290. The van der Waals surface area contributed by atoms with Crippen molar-refractivity contribution in [2.45, 2.75) is 18.3 Å². The van der Waals surface area contributed by atoms with Crippen LogP contribution in [0.4, 0.5) is 16.2 Å². The number of carbonyl (C=O) groups excluding carboxylic acids is 1. The molecule has 5 heterocycles. The van der Waals surface area contributed by atoms with Crippen molar-refractivity contribution >= 4 is 46.3 Å². The minimum Gasteiger partial charge on any atom is -0.306 e. The highest BCUT2D eigenvalue weighted by Gasteiger charge is 2.55. The van der Waals surface area contributed by atoms with Crippen LogP contribution in [0.25, 0.3) is 11.5 Å². The Balaban J connectivity index is 1.32. The van der Waals surface area contributed by atoms with Gasteiger partial charge < -0.3 is 5.32 Å². The second-order valence-electron chi connectivity index (χ2n) is 7.37. The van der Waals surface area contributed by atoms with E-state index in [-0.39, 0.29) is 11.4 Å². The zero-order chi connectivity index (χ0) is 20.5. The normalized spacial score (nSPS) is 16.3. The van der Waals surface area contributed by atoms with Crippen LogP contribution in [-0.2, 0) is 5.41 Å². The van der Waals surface area contributed by atoms with Crippen molar-refractivity contribution in [2.75, 3.05) is 16.8 Å². The molecule has 6 rings (SSSR count). The summed E-state index contributed by atoms with van der Waals surface area (Å²) in [6.45, 7) is 0.558. The molecule has 1 spiro atoms. The molecule has 2 aliphatic rings. The van der Waals surface area contributed by atoms with Crippen molar-refractivity contribution in [3.8, 4) is 5.82 Å². The zero-order valence-corrected chi connectivity index (χ0v) is 16.8. The fourth-order valence-corrected chi connectivity index (χ4v) is 4.36. The molecule has 30 heavy (non-hydrogen) atoms. The predicted molar refractivity (Wildman–Crippen MR) is 109 cm³/mol. The smallest absolute Gasteiger partial charge is 0.306 e. The summed E-state index contributed by atoms with van der Waals surface area (Å²) in [5.74, 6) is 0.380. The van der Waals surface area contributed by atoms with Crippen LogP contribution in [0.3, 0.4) is 0 Å². The topological polar surface area (TPSA) is 106 Å². The van der Waals surface area contributed by atoms with Crippen LogP contribution in [-0.4, -0.2) is 47.2 Å². The van der Waals surface area contributed by atoms with Crippen LogP contribution in [0, 0.1) is 0 Å². The molecular formula is C18H13Cl2N9O. The molecule has 1 aliphatic carbocycles. The van der Waals surface area contributed by atoms with Crippen LogP contribution < -0.4 is 10.2 Å². The van der Waals surface area contributed by atoms with Gasteiger partial charge in [0.2, 0.25) is 0 Å². The number of hydrogen-bond acceptors (Lipinski definition) is 6. The van der Waals surface area contributed by atoms with Gasteiger partial charge in [-0.2, -0.15) is 15.3 Å². The number of pyridine rings is 1. The second kappa shape index (κ2) is 6.13. The number of fused-ring (bicyclic) bond motifs is 4. The first-order chi connectivity index (χ1) is 14.5. The average molecular weight is 442 g/mol. The first kappa shape index (κ1) is 17.6. The number of anilines is 2. The Morgan fingerprint density at radius 1 is 1.10 bits per heavy atom. The number of carbonyl (C=O) groups is 1. The molecule has 150 valence electrons. The summed E-state index contributed by atoms with van der Waals surface area (Å²) in [6.07, 6.45) is 8.25. The van der Waals surface area contributed by atoms with E-state index < -0.39 is 0 Å². The molecule has 1 aliphatic heterocycles. The van der Waals surface area contributed by atoms with E-state index in [0.717, 1.165) is 24.2 Å². The number of nitrogens with one attached hydrogen (secondary N) is 1. The van der Waals surface area contributed by atoms with Crippen molar-refractivity contribution in [3.63, 3.8) is 0 Å². The van der Waals surface area contributed by atoms with Gasteiger partial charge in [-0.25, -0.2) is 19.3 Å². The maximum atomic E-state index is 13.1. The van der Waals surface area contributed by atoms with Crippen LogP contribution in [0.1, 0.15) is 18.5 Å². The van der Waals surface area contributed by atoms with E-state index in [4.69, 9.17) is 23.2 Å². The molecule has 0 saturated heterocycles. The molecule has 0 aromatic carbocycles. The lowest BCUT2D eigenvalue weighted by Gasteiger charge is -2.18. The Morgan fingerprint density at radius 3 is 2.63 bits per heavy atom. The number of urea groups is 1. The minimum absolute atomic E-state index is 0.102. The average Bonchev–Trinajstić information content (AvgIpc) is 3.06. The Morgan fingerprint density at radius 2 is 1.90 bits per heavy atom. The second-order valence-corrected chi connectivity index (χ2v) is 8.17. The third-order valence-electron chi connectivity index (χ3n) is 5.47. The standard InChI is InChI=1S/C18H13Cl2N9O/c19-11-5-10(7-22-16(11)29-23-3-4-24-29)25-17(30)27-9-18(1-2-18)15-12(27)8-21-14-6-13(20)26-28(14)15/h3-8H,1-2,9H2,(H,25,30). The van der Waals surface area contributed by atoms with Crippen LogP contribution >= 0.6 is 23.2 Å². The summed E-state index contributed by atoms with van der Waals surface area (Å²) in [6, 6.07) is 3.04. The van der Waals surface area contributed by atoms with Crippen LogP contribution in [0.5, 0.6) is 0 Å². The summed E-state index contributed by atoms with van der Waals surface area (Å²) in [4.78, 5) is 24.8. The third kappa shape index (κ3) is 2.57. The van der Waals surface area contributed by atoms with Gasteiger partial charge in [-0.1, -0.05) is 23.2 Å². The van der Waals surface area contributed by atoms with E-state index in [1.54, 1.807) is 27.7 Å². The van der Waals surface area contributed by atoms with Gasteiger partial charge in [-0.15, -0.1) is 4.80 Å². The first-order valence-corrected chi connectivity index (χ1v) is 9.95. The summed E-state index contributed by atoms with van der Waals surface area (Å²) in [5, 5.41) is 16.0. The molecular weight excluding hydrogens is 429 g/mol. The molecule has 4 aromatic heterocycles.